The Morgan fingerprint density at radius 2 is 2.05 bits per heavy atom. The van der Waals surface area contributed by atoms with Gasteiger partial charge in [0.25, 0.3) is 0 Å². The Hall–Kier alpha value is -1.73. The molecular weight excluding hydrogens is 294 g/mol. The monoisotopic (exact) mass is 311 g/mol. The SMILES string of the molecule is COc1ccc(SCC(=O)N2C[C@H](O)C[C@H]2C(=O)O)cc1. The molecule has 2 N–H and O–H groups in total. The number of carboxylic acid groups (broad SMARTS) is 1. The molecule has 0 spiro atoms. The zero-order chi connectivity index (χ0) is 15.4. The minimum atomic E-state index is -1.07. The highest BCUT2D eigenvalue weighted by atomic mass is 32.2. The Kier molecular flexibility index (Phi) is 5.08. The van der Waals surface area contributed by atoms with E-state index in [1.54, 1.807) is 19.2 Å². The number of aliphatic carboxylic acids is 1. The summed E-state index contributed by atoms with van der Waals surface area (Å²) in [5.41, 5.74) is 0. The fourth-order valence-electron chi connectivity index (χ4n) is 2.22. The van der Waals surface area contributed by atoms with Crippen molar-refractivity contribution >= 4 is 23.6 Å². The predicted molar refractivity (Wildman–Crippen MR) is 77.5 cm³/mol. The van der Waals surface area contributed by atoms with Gasteiger partial charge in [0.15, 0.2) is 0 Å². The number of hydrogen-bond acceptors (Lipinski definition) is 5. The van der Waals surface area contributed by atoms with Crippen molar-refractivity contribution < 1.29 is 24.5 Å². The van der Waals surface area contributed by atoms with Crippen LogP contribution in [0, 0.1) is 0 Å². The van der Waals surface area contributed by atoms with Gasteiger partial charge in [-0.3, -0.25) is 4.79 Å². The number of rotatable bonds is 5. The molecule has 21 heavy (non-hydrogen) atoms. The van der Waals surface area contributed by atoms with Crippen LogP contribution in [-0.4, -0.2) is 58.5 Å². The van der Waals surface area contributed by atoms with Crippen LogP contribution in [0.5, 0.6) is 5.75 Å². The molecule has 1 aromatic rings. The fourth-order valence-corrected chi connectivity index (χ4v) is 3.01. The maximum Gasteiger partial charge on any atom is 0.326 e. The molecule has 1 amide bonds. The number of amides is 1. The molecule has 0 radical (unpaired) electrons. The third kappa shape index (κ3) is 3.89. The summed E-state index contributed by atoms with van der Waals surface area (Å²) in [6.45, 7) is 0.0823. The predicted octanol–water partition coefficient (Wildman–Crippen LogP) is 0.834. The van der Waals surface area contributed by atoms with Crippen LogP contribution in [0.15, 0.2) is 29.2 Å². The third-order valence-electron chi connectivity index (χ3n) is 3.31. The number of hydrogen-bond donors (Lipinski definition) is 2. The molecule has 0 aromatic heterocycles. The lowest BCUT2D eigenvalue weighted by Crippen LogP contribution is -2.41. The summed E-state index contributed by atoms with van der Waals surface area (Å²) in [6, 6.07) is 6.34. The number of aliphatic hydroxyl groups excluding tert-OH is 1. The summed E-state index contributed by atoms with van der Waals surface area (Å²) in [4.78, 5) is 25.3. The van der Waals surface area contributed by atoms with Crippen molar-refractivity contribution in [1.82, 2.24) is 4.90 Å². The van der Waals surface area contributed by atoms with Gasteiger partial charge in [0.1, 0.15) is 11.8 Å². The van der Waals surface area contributed by atoms with Crippen molar-refractivity contribution in [3.05, 3.63) is 24.3 Å². The van der Waals surface area contributed by atoms with E-state index in [4.69, 9.17) is 9.84 Å². The molecule has 1 heterocycles. The summed E-state index contributed by atoms with van der Waals surface area (Å²) < 4.78 is 5.05. The third-order valence-corrected chi connectivity index (χ3v) is 4.30. The van der Waals surface area contributed by atoms with Crippen LogP contribution in [-0.2, 0) is 9.59 Å². The Morgan fingerprint density at radius 1 is 1.38 bits per heavy atom. The Morgan fingerprint density at radius 3 is 2.62 bits per heavy atom. The number of aliphatic hydroxyl groups is 1. The normalized spacial score (nSPS) is 21.3. The molecule has 1 aliphatic heterocycles. The highest BCUT2D eigenvalue weighted by molar-refractivity contribution is 8.00. The number of likely N-dealkylation sites (tertiary alicyclic amines) is 1. The van der Waals surface area contributed by atoms with Crippen molar-refractivity contribution in [3.8, 4) is 5.75 Å². The van der Waals surface area contributed by atoms with E-state index in [9.17, 15) is 14.7 Å². The van der Waals surface area contributed by atoms with Crippen molar-refractivity contribution in [2.45, 2.75) is 23.5 Å². The molecule has 1 aromatic carbocycles. The quantitative estimate of drug-likeness (QED) is 0.783. The molecule has 0 unspecified atom stereocenters. The number of carboxylic acids is 1. The number of β-amino-alcohol motifs (C(OH)–C–C–N with tert-alkyl or cyclic N) is 1. The summed E-state index contributed by atoms with van der Waals surface area (Å²) in [7, 11) is 1.58. The zero-order valence-corrected chi connectivity index (χ0v) is 12.4. The second-order valence-electron chi connectivity index (χ2n) is 4.75. The number of carbonyl (C=O) groups is 2. The number of benzene rings is 1. The van der Waals surface area contributed by atoms with Gasteiger partial charge in [0.05, 0.1) is 19.0 Å². The maximum absolute atomic E-state index is 12.1. The topological polar surface area (TPSA) is 87.1 Å². The fraction of sp³-hybridized carbons (Fsp3) is 0.429. The summed E-state index contributed by atoms with van der Waals surface area (Å²) >= 11 is 1.33. The first-order valence-corrected chi connectivity index (χ1v) is 7.47. The molecule has 7 heteroatoms. The molecule has 6 nitrogen and oxygen atoms in total. The Bertz CT molecular complexity index is 519. The molecule has 0 aliphatic carbocycles. The number of thioether (sulfide) groups is 1. The molecular formula is C14H17NO5S. The average molecular weight is 311 g/mol. The highest BCUT2D eigenvalue weighted by Crippen LogP contribution is 2.24. The van der Waals surface area contributed by atoms with Crippen LogP contribution in [0.25, 0.3) is 0 Å². The van der Waals surface area contributed by atoms with E-state index in [0.29, 0.717) is 0 Å². The van der Waals surface area contributed by atoms with E-state index >= 15 is 0 Å². The van der Waals surface area contributed by atoms with Crippen molar-refractivity contribution in [3.63, 3.8) is 0 Å². The van der Waals surface area contributed by atoms with Crippen molar-refractivity contribution in [2.75, 3.05) is 19.4 Å². The van der Waals surface area contributed by atoms with Gasteiger partial charge in [0, 0.05) is 17.9 Å². The molecule has 2 rings (SSSR count). The number of methoxy groups -OCH3 is 1. The van der Waals surface area contributed by atoms with E-state index in [-0.39, 0.29) is 24.6 Å². The molecule has 1 fully saturated rings. The Labute approximate surface area is 126 Å². The molecule has 1 aliphatic rings. The molecule has 2 atom stereocenters. The van der Waals surface area contributed by atoms with E-state index in [2.05, 4.69) is 0 Å². The smallest absolute Gasteiger partial charge is 0.326 e. The largest absolute Gasteiger partial charge is 0.497 e. The second kappa shape index (κ2) is 6.82. The lowest BCUT2D eigenvalue weighted by molar-refractivity contribution is -0.147. The number of carbonyl (C=O) groups excluding carboxylic acids is 1. The van der Waals surface area contributed by atoms with Gasteiger partial charge in [-0.1, -0.05) is 0 Å². The lowest BCUT2D eigenvalue weighted by Gasteiger charge is -2.20. The number of nitrogens with zero attached hydrogens (tertiary/aromatic N) is 1. The Balaban J connectivity index is 1.92. The second-order valence-corrected chi connectivity index (χ2v) is 5.80. The van der Waals surface area contributed by atoms with Crippen molar-refractivity contribution in [1.29, 1.82) is 0 Å². The molecule has 0 bridgehead atoms. The van der Waals surface area contributed by atoms with Crippen LogP contribution in [0.1, 0.15) is 6.42 Å². The summed E-state index contributed by atoms with van der Waals surface area (Å²) in [5, 5.41) is 18.6. The van der Waals surface area contributed by atoms with Gasteiger partial charge in [0.2, 0.25) is 5.91 Å². The van der Waals surface area contributed by atoms with E-state index in [1.807, 2.05) is 12.1 Å². The standard InChI is InChI=1S/C14H17NO5S/c1-20-10-2-4-11(5-3-10)21-8-13(17)15-7-9(16)6-12(15)14(18)19/h2-5,9,12,16H,6-8H2,1H3,(H,18,19)/t9-,12+/m1/s1. The van der Waals surface area contributed by atoms with Gasteiger partial charge in [-0.15, -0.1) is 11.8 Å². The highest BCUT2D eigenvalue weighted by Gasteiger charge is 2.38. The van der Waals surface area contributed by atoms with E-state index < -0.39 is 18.1 Å². The van der Waals surface area contributed by atoms with E-state index in [0.717, 1.165) is 10.6 Å². The van der Waals surface area contributed by atoms with Crippen LogP contribution < -0.4 is 4.74 Å². The van der Waals surface area contributed by atoms with Crippen molar-refractivity contribution in [2.24, 2.45) is 0 Å². The van der Waals surface area contributed by atoms with Crippen LogP contribution in [0.2, 0.25) is 0 Å². The van der Waals surface area contributed by atoms with Crippen LogP contribution >= 0.6 is 11.8 Å². The van der Waals surface area contributed by atoms with Gasteiger partial charge in [-0.2, -0.15) is 0 Å². The van der Waals surface area contributed by atoms with Gasteiger partial charge < -0.3 is 19.8 Å². The van der Waals surface area contributed by atoms with Gasteiger partial charge >= 0.3 is 5.97 Å². The van der Waals surface area contributed by atoms with E-state index in [1.165, 1.54) is 16.7 Å². The first-order valence-electron chi connectivity index (χ1n) is 6.48. The first-order chi connectivity index (χ1) is 10.0. The minimum Gasteiger partial charge on any atom is -0.497 e. The van der Waals surface area contributed by atoms with Crippen LogP contribution in [0.4, 0.5) is 0 Å². The molecule has 114 valence electrons. The first kappa shape index (κ1) is 15.7. The summed E-state index contributed by atoms with van der Waals surface area (Å²) in [6.07, 6.45) is -0.671. The zero-order valence-electron chi connectivity index (χ0n) is 11.6. The van der Waals surface area contributed by atoms with Crippen LogP contribution in [0.3, 0.4) is 0 Å². The minimum absolute atomic E-state index is 0.0823. The summed E-state index contributed by atoms with van der Waals surface area (Å²) in [5.74, 6) is -0.476. The van der Waals surface area contributed by atoms with Gasteiger partial charge in [-0.05, 0) is 24.3 Å². The lowest BCUT2D eigenvalue weighted by atomic mass is 10.2. The number of ether oxygens (including phenoxy) is 1. The maximum atomic E-state index is 12.1. The van der Waals surface area contributed by atoms with Gasteiger partial charge in [-0.25, -0.2) is 4.79 Å². The molecule has 0 saturated carbocycles. The average Bonchev–Trinajstić information content (AvgIpc) is 2.87. The molecule has 1 saturated heterocycles.